The summed E-state index contributed by atoms with van der Waals surface area (Å²) >= 11 is 5.88. The quantitative estimate of drug-likeness (QED) is 0.723. The van der Waals surface area contributed by atoms with Crippen LogP contribution in [-0.2, 0) is 0 Å². The molecule has 0 aliphatic carbocycles. The number of aromatic carboxylic acids is 1. The number of aromatic hydroxyl groups is 2. The molecule has 0 fully saturated rings. The molecular formula is C11H8ClNO5. The first kappa shape index (κ1) is 12.3. The molecule has 6 nitrogen and oxygen atoms in total. The van der Waals surface area contributed by atoms with E-state index < -0.39 is 11.7 Å². The highest BCUT2D eigenvalue weighted by Crippen LogP contribution is 2.42. The predicted molar refractivity (Wildman–Crippen MR) is 62.0 cm³/mol. The van der Waals surface area contributed by atoms with Crippen LogP contribution in [0.4, 0.5) is 0 Å². The fourth-order valence-corrected chi connectivity index (χ4v) is 1.88. The molecule has 1 aromatic heterocycles. The molecule has 0 aliphatic heterocycles. The van der Waals surface area contributed by atoms with Gasteiger partial charge < -0.3 is 19.8 Å². The zero-order chi connectivity index (χ0) is 13.4. The number of carbonyl (C=O) groups is 1. The van der Waals surface area contributed by atoms with Gasteiger partial charge in [0.25, 0.3) is 0 Å². The van der Waals surface area contributed by atoms with E-state index in [1.165, 1.54) is 12.1 Å². The van der Waals surface area contributed by atoms with Crippen molar-refractivity contribution in [3.63, 3.8) is 0 Å². The van der Waals surface area contributed by atoms with Crippen molar-refractivity contribution in [1.82, 2.24) is 5.16 Å². The lowest BCUT2D eigenvalue weighted by atomic mass is 10.0. The number of halogens is 1. The van der Waals surface area contributed by atoms with Crippen LogP contribution in [0.1, 0.15) is 16.1 Å². The third-order valence-electron chi connectivity index (χ3n) is 2.39. The monoisotopic (exact) mass is 269 g/mol. The van der Waals surface area contributed by atoms with Crippen LogP contribution in [0.15, 0.2) is 16.7 Å². The molecule has 0 amide bonds. The highest BCUT2D eigenvalue weighted by atomic mass is 35.5. The van der Waals surface area contributed by atoms with Crippen molar-refractivity contribution < 1.29 is 24.6 Å². The van der Waals surface area contributed by atoms with E-state index >= 15 is 0 Å². The molecule has 2 aromatic rings. The zero-order valence-electron chi connectivity index (χ0n) is 9.14. The highest BCUT2D eigenvalue weighted by molar-refractivity contribution is 6.35. The SMILES string of the molecule is Cc1cc(O)c(O)c(Cl)c1-c1cc(C(=O)O)no1. The standard InChI is InChI=1S/C11H8ClNO5/c1-4-2-6(14)10(15)9(12)8(4)7-3-5(11(16)17)13-18-7/h2-3,14-15H,1H3,(H,16,17). The number of phenolic OH excluding ortho intramolecular Hbond substituents is 2. The minimum atomic E-state index is -1.23. The van der Waals surface area contributed by atoms with Gasteiger partial charge >= 0.3 is 5.97 Å². The molecule has 1 aromatic carbocycles. The molecule has 2 rings (SSSR count). The maximum Gasteiger partial charge on any atom is 0.358 e. The topological polar surface area (TPSA) is 104 Å². The van der Waals surface area contributed by atoms with Crippen LogP contribution in [0, 0.1) is 6.92 Å². The number of benzene rings is 1. The molecule has 18 heavy (non-hydrogen) atoms. The predicted octanol–water partition coefficient (Wildman–Crippen LogP) is 2.41. The second-order valence-electron chi connectivity index (χ2n) is 3.63. The van der Waals surface area contributed by atoms with E-state index in [9.17, 15) is 15.0 Å². The average molecular weight is 270 g/mol. The Morgan fingerprint density at radius 2 is 2.06 bits per heavy atom. The summed E-state index contributed by atoms with van der Waals surface area (Å²) in [5.74, 6) is -1.99. The van der Waals surface area contributed by atoms with Crippen LogP contribution in [0.3, 0.4) is 0 Å². The summed E-state index contributed by atoms with van der Waals surface area (Å²) in [6.45, 7) is 1.63. The minimum Gasteiger partial charge on any atom is -0.504 e. The third-order valence-corrected chi connectivity index (χ3v) is 2.76. The van der Waals surface area contributed by atoms with Crippen molar-refractivity contribution >= 4 is 17.6 Å². The van der Waals surface area contributed by atoms with E-state index in [1.807, 2.05) is 0 Å². The second kappa shape index (κ2) is 4.23. The van der Waals surface area contributed by atoms with Crippen LogP contribution in [-0.4, -0.2) is 26.4 Å². The van der Waals surface area contributed by atoms with Gasteiger partial charge in [0.1, 0.15) is 0 Å². The molecule has 94 valence electrons. The maximum absolute atomic E-state index is 10.7. The van der Waals surface area contributed by atoms with E-state index in [-0.39, 0.29) is 27.8 Å². The minimum absolute atomic E-state index is 0.102. The number of rotatable bonds is 2. The summed E-state index contributed by atoms with van der Waals surface area (Å²) < 4.78 is 4.86. The maximum atomic E-state index is 10.7. The average Bonchev–Trinajstić information content (AvgIpc) is 2.75. The van der Waals surface area contributed by atoms with E-state index in [2.05, 4.69) is 5.16 Å². The molecule has 0 saturated carbocycles. The summed E-state index contributed by atoms with van der Waals surface area (Å²) in [6, 6.07) is 2.48. The Morgan fingerprint density at radius 1 is 1.39 bits per heavy atom. The molecule has 0 unspecified atom stereocenters. The van der Waals surface area contributed by atoms with Crippen LogP contribution < -0.4 is 0 Å². The van der Waals surface area contributed by atoms with Crippen LogP contribution in [0.25, 0.3) is 11.3 Å². The van der Waals surface area contributed by atoms with Crippen LogP contribution >= 0.6 is 11.6 Å². The van der Waals surface area contributed by atoms with Gasteiger partial charge in [-0.15, -0.1) is 0 Å². The second-order valence-corrected chi connectivity index (χ2v) is 4.01. The molecule has 0 spiro atoms. The molecule has 0 saturated heterocycles. The Kier molecular flexibility index (Phi) is 2.88. The number of hydrogen-bond donors (Lipinski definition) is 3. The molecule has 3 N–H and O–H groups in total. The highest BCUT2D eigenvalue weighted by Gasteiger charge is 2.20. The lowest BCUT2D eigenvalue weighted by Gasteiger charge is -2.08. The van der Waals surface area contributed by atoms with Gasteiger partial charge in [-0.1, -0.05) is 16.8 Å². The van der Waals surface area contributed by atoms with Crippen molar-refractivity contribution in [2.24, 2.45) is 0 Å². The zero-order valence-corrected chi connectivity index (χ0v) is 9.89. The summed E-state index contributed by atoms with van der Waals surface area (Å²) in [7, 11) is 0. The van der Waals surface area contributed by atoms with Gasteiger partial charge in [0.15, 0.2) is 23.0 Å². The van der Waals surface area contributed by atoms with Crippen molar-refractivity contribution in [2.75, 3.05) is 0 Å². The number of nitrogens with zero attached hydrogens (tertiary/aromatic N) is 1. The number of aromatic nitrogens is 1. The van der Waals surface area contributed by atoms with Gasteiger partial charge in [-0.2, -0.15) is 0 Å². The van der Waals surface area contributed by atoms with E-state index in [0.29, 0.717) is 5.56 Å². The van der Waals surface area contributed by atoms with Crippen molar-refractivity contribution in [1.29, 1.82) is 0 Å². The fraction of sp³-hybridized carbons (Fsp3) is 0.0909. The lowest BCUT2D eigenvalue weighted by molar-refractivity contribution is 0.0686. The van der Waals surface area contributed by atoms with Gasteiger partial charge in [0.2, 0.25) is 0 Å². The molecule has 1 heterocycles. The summed E-state index contributed by atoms with van der Waals surface area (Å²) in [6.07, 6.45) is 0. The molecule has 0 atom stereocenters. The van der Waals surface area contributed by atoms with Crippen LogP contribution in [0.2, 0.25) is 5.02 Å². The summed E-state index contributed by atoms with van der Waals surface area (Å²) in [4.78, 5) is 10.7. The Hall–Kier alpha value is -2.21. The normalized spacial score (nSPS) is 10.6. The molecule has 0 aliphatic rings. The van der Waals surface area contributed by atoms with Gasteiger partial charge in [0, 0.05) is 11.6 Å². The number of phenols is 2. The van der Waals surface area contributed by atoms with Gasteiger partial charge in [0.05, 0.1) is 5.02 Å². The Morgan fingerprint density at radius 3 is 2.61 bits per heavy atom. The molecule has 0 radical (unpaired) electrons. The summed E-state index contributed by atoms with van der Waals surface area (Å²) in [5.41, 5.74) is 0.531. The molecule has 7 heteroatoms. The third kappa shape index (κ3) is 1.86. The van der Waals surface area contributed by atoms with Crippen LogP contribution in [0.5, 0.6) is 11.5 Å². The van der Waals surface area contributed by atoms with Crippen molar-refractivity contribution in [2.45, 2.75) is 6.92 Å². The number of carboxylic acids is 1. The van der Waals surface area contributed by atoms with Crippen molar-refractivity contribution in [3.05, 3.63) is 28.4 Å². The first-order chi connectivity index (χ1) is 8.41. The Balaban J connectivity index is 2.63. The van der Waals surface area contributed by atoms with E-state index in [0.717, 1.165) is 0 Å². The van der Waals surface area contributed by atoms with E-state index in [4.69, 9.17) is 21.2 Å². The smallest absolute Gasteiger partial charge is 0.358 e. The molecular weight excluding hydrogens is 262 g/mol. The first-order valence-corrected chi connectivity index (χ1v) is 5.21. The Bertz CT molecular complexity index is 635. The first-order valence-electron chi connectivity index (χ1n) is 4.83. The largest absolute Gasteiger partial charge is 0.504 e. The molecule has 0 bridgehead atoms. The van der Waals surface area contributed by atoms with Gasteiger partial charge in [-0.25, -0.2) is 4.79 Å². The van der Waals surface area contributed by atoms with Crippen molar-refractivity contribution in [3.8, 4) is 22.8 Å². The lowest BCUT2D eigenvalue weighted by Crippen LogP contribution is -1.94. The number of aryl methyl sites for hydroxylation is 1. The number of carboxylic acid groups (broad SMARTS) is 1. The van der Waals surface area contributed by atoms with Gasteiger partial charge in [-0.3, -0.25) is 0 Å². The summed E-state index contributed by atoms with van der Waals surface area (Å²) in [5, 5.41) is 30.9. The fourth-order valence-electron chi connectivity index (χ4n) is 1.55. The number of hydrogen-bond acceptors (Lipinski definition) is 5. The van der Waals surface area contributed by atoms with E-state index in [1.54, 1.807) is 6.92 Å². The van der Waals surface area contributed by atoms with Gasteiger partial charge in [-0.05, 0) is 18.6 Å². The Labute approximate surface area is 106 Å².